The van der Waals surface area contributed by atoms with Crippen molar-refractivity contribution in [1.29, 1.82) is 0 Å². The third kappa shape index (κ3) is 3.61. The van der Waals surface area contributed by atoms with Crippen LogP contribution in [0, 0.1) is 5.82 Å². The van der Waals surface area contributed by atoms with E-state index in [4.69, 9.17) is 4.74 Å². The lowest BCUT2D eigenvalue weighted by atomic mass is 9.74. The van der Waals surface area contributed by atoms with Gasteiger partial charge in [0.15, 0.2) is 5.78 Å². The van der Waals surface area contributed by atoms with E-state index in [0.717, 1.165) is 24.1 Å². The molecule has 5 nitrogen and oxygen atoms in total. The van der Waals surface area contributed by atoms with E-state index < -0.39 is 11.7 Å². The minimum atomic E-state index is -0.557. The Hall–Kier alpha value is -3.41. The minimum Gasteiger partial charge on any atom is -0.496 e. The molecular formula is C24H23FN2O3. The Morgan fingerprint density at radius 2 is 1.97 bits per heavy atom. The molecule has 0 aromatic heterocycles. The van der Waals surface area contributed by atoms with Crippen molar-refractivity contribution in [1.82, 2.24) is 5.32 Å². The molecule has 0 saturated heterocycles. The maximum absolute atomic E-state index is 13.6. The molecule has 0 saturated carbocycles. The number of hydrogen-bond donors (Lipinski definition) is 2. The van der Waals surface area contributed by atoms with Gasteiger partial charge in [0.05, 0.1) is 13.0 Å². The smallest absolute Gasteiger partial charge is 0.254 e. The van der Waals surface area contributed by atoms with Gasteiger partial charge in [0.1, 0.15) is 11.6 Å². The van der Waals surface area contributed by atoms with Crippen molar-refractivity contribution in [3.05, 3.63) is 82.5 Å². The van der Waals surface area contributed by atoms with Gasteiger partial charge in [-0.15, -0.1) is 0 Å². The predicted molar refractivity (Wildman–Crippen MR) is 112 cm³/mol. The molecule has 1 aliphatic carbocycles. The number of carbonyl (C=O) groups excluding carboxylic acids is 2. The maximum atomic E-state index is 13.6. The summed E-state index contributed by atoms with van der Waals surface area (Å²) in [6, 6.07) is 13.2. The number of rotatable bonds is 4. The van der Waals surface area contributed by atoms with Gasteiger partial charge in [-0.2, -0.15) is 0 Å². The average molecular weight is 406 g/mol. The Kier molecular flexibility index (Phi) is 5.40. The number of methoxy groups -OCH3 is 1. The highest BCUT2D eigenvalue weighted by Gasteiger charge is 2.39. The number of amides is 1. The molecule has 2 N–H and O–H groups in total. The van der Waals surface area contributed by atoms with Crippen LogP contribution in [0.5, 0.6) is 5.75 Å². The Labute approximate surface area is 174 Å². The van der Waals surface area contributed by atoms with Crippen LogP contribution in [0.25, 0.3) is 0 Å². The number of ether oxygens (including phenoxy) is 1. The number of ketones is 1. The number of para-hydroxylation sites is 1. The lowest BCUT2D eigenvalue weighted by Crippen LogP contribution is -2.35. The Bertz CT molecular complexity index is 1090. The van der Waals surface area contributed by atoms with Crippen molar-refractivity contribution in [2.45, 2.75) is 32.1 Å². The molecule has 30 heavy (non-hydrogen) atoms. The molecule has 1 aliphatic heterocycles. The lowest BCUT2D eigenvalue weighted by Gasteiger charge is -2.35. The van der Waals surface area contributed by atoms with Gasteiger partial charge in [-0.25, -0.2) is 4.39 Å². The molecule has 0 unspecified atom stereocenters. The summed E-state index contributed by atoms with van der Waals surface area (Å²) in [6.45, 7) is 1.83. The van der Waals surface area contributed by atoms with Crippen LogP contribution >= 0.6 is 0 Å². The van der Waals surface area contributed by atoms with Crippen LogP contribution < -0.4 is 15.4 Å². The van der Waals surface area contributed by atoms with Crippen LogP contribution in [-0.4, -0.2) is 18.8 Å². The molecule has 0 fully saturated rings. The van der Waals surface area contributed by atoms with E-state index in [-0.39, 0.29) is 11.7 Å². The molecule has 4 rings (SSSR count). The summed E-state index contributed by atoms with van der Waals surface area (Å²) in [7, 11) is 1.57. The molecule has 1 amide bonds. The first-order chi connectivity index (χ1) is 14.5. The summed E-state index contributed by atoms with van der Waals surface area (Å²) < 4.78 is 19.2. The molecule has 154 valence electrons. The van der Waals surface area contributed by atoms with Crippen LogP contribution in [0.4, 0.5) is 10.1 Å². The first-order valence-corrected chi connectivity index (χ1v) is 9.93. The van der Waals surface area contributed by atoms with Gasteiger partial charge in [-0.1, -0.05) is 24.3 Å². The van der Waals surface area contributed by atoms with Crippen molar-refractivity contribution in [2.75, 3.05) is 12.4 Å². The van der Waals surface area contributed by atoms with E-state index in [2.05, 4.69) is 10.6 Å². The molecule has 2 aliphatic rings. The highest BCUT2D eigenvalue weighted by molar-refractivity contribution is 6.09. The van der Waals surface area contributed by atoms with E-state index >= 15 is 0 Å². The normalized spacial score (nSPS) is 18.6. The zero-order valence-electron chi connectivity index (χ0n) is 16.9. The van der Waals surface area contributed by atoms with E-state index in [0.29, 0.717) is 34.7 Å². The monoisotopic (exact) mass is 406 g/mol. The van der Waals surface area contributed by atoms with Gasteiger partial charge < -0.3 is 15.4 Å². The predicted octanol–water partition coefficient (Wildman–Crippen LogP) is 4.44. The number of Topliss-reactive ketones (excluding diaryl/α,β-unsaturated/α-hetero) is 1. The van der Waals surface area contributed by atoms with E-state index in [1.807, 2.05) is 31.2 Å². The van der Waals surface area contributed by atoms with Crippen LogP contribution in [0.1, 0.15) is 37.7 Å². The number of benzene rings is 2. The van der Waals surface area contributed by atoms with Gasteiger partial charge in [0.2, 0.25) is 0 Å². The summed E-state index contributed by atoms with van der Waals surface area (Å²) in [4.78, 5) is 26.3. The quantitative estimate of drug-likeness (QED) is 0.788. The van der Waals surface area contributed by atoms with Gasteiger partial charge in [0.25, 0.3) is 5.91 Å². The lowest BCUT2D eigenvalue weighted by molar-refractivity contribution is -0.116. The number of halogens is 1. The number of carbonyl (C=O) groups is 2. The van der Waals surface area contributed by atoms with Crippen molar-refractivity contribution in [3.63, 3.8) is 0 Å². The topological polar surface area (TPSA) is 67.4 Å². The van der Waals surface area contributed by atoms with Crippen molar-refractivity contribution in [3.8, 4) is 5.75 Å². The molecule has 0 bridgehead atoms. The number of hydrogen-bond acceptors (Lipinski definition) is 4. The van der Waals surface area contributed by atoms with Crippen LogP contribution in [0.3, 0.4) is 0 Å². The third-order valence-corrected chi connectivity index (χ3v) is 5.55. The zero-order chi connectivity index (χ0) is 21.3. The standard InChI is InChI=1S/C24H23FN2O3/c1-14-21(24(29)27-16-8-5-7-15(25)13-16)22(17-9-3-4-12-20(17)30-2)23-18(26-14)10-6-11-19(23)28/h3-5,7-9,12-13,22,26H,6,10-11H2,1-2H3,(H,27,29)/t22-/m1/s1. The minimum absolute atomic E-state index is 0.0308. The number of anilines is 1. The molecule has 0 radical (unpaired) electrons. The fourth-order valence-corrected chi connectivity index (χ4v) is 4.26. The average Bonchev–Trinajstić information content (AvgIpc) is 2.72. The fourth-order valence-electron chi connectivity index (χ4n) is 4.26. The summed E-state index contributed by atoms with van der Waals surface area (Å²) >= 11 is 0. The molecule has 2 aromatic carbocycles. The van der Waals surface area contributed by atoms with Crippen LogP contribution in [0.15, 0.2) is 71.1 Å². The SMILES string of the molecule is COc1ccccc1[C@@H]1C(C(=O)Nc2cccc(F)c2)=C(C)NC2=C1C(=O)CCC2. The van der Waals surface area contributed by atoms with Gasteiger partial charge in [-0.05, 0) is 44.0 Å². The fraction of sp³-hybridized carbons (Fsp3) is 0.250. The van der Waals surface area contributed by atoms with Gasteiger partial charge in [0, 0.05) is 40.2 Å². The third-order valence-electron chi connectivity index (χ3n) is 5.55. The first-order valence-electron chi connectivity index (χ1n) is 9.93. The van der Waals surface area contributed by atoms with Crippen molar-refractivity contribution < 1.29 is 18.7 Å². The molecule has 6 heteroatoms. The summed E-state index contributed by atoms with van der Waals surface area (Å²) in [5, 5.41) is 6.06. The second kappa shape index (κ2) is 8.14. The second-order valence-corrected chi connectivity index (χ2v) is 7.47. The zero-order valence-corrected chi connectivity index (χ0v) is 16.9. The number of dihydropyridines is 1. The Morgan fingerprint density at radius 1 is 1.17 bits per heavy atom. The van der Waals surface area contributed by atoms with E-state index in [9.17, 15) is 14.0 Å². The Morgan fingerprint density at radius 3 is 2.73 bits per heavy atom. The van der Waals surface area contributed by atoms with E-state index in [1.165, 1.54) is 18.2 Å². The highest BCUT2D eigenvalue weighted by atomic mass is 19.1. The van der Waals surface area contributed by atoms with Crippen LogP contribution in [0.2, 0.25) is 0 Å². The van der Waals surface area contributed by atoms with Gasteiger partial charge >= 0.3 is 0 Å². The molecule has 2 aromatic rings. The Balaban J connectivity index is 1.82. The summed E-state index contributed by atoms with van der Waals surface area (Å²) in [5.74, 6) is -0.735. The molecular weight excluding hydrogens is 383 g/mol. The molecule has 0 spiro atoms. The number of allylic oxidation sites excluding steroid dienone is 3. The molecule has 1 heterocycles. The first kappa shape index (κ1) is 19.9. The summed E-state index contributed by atoms with van der Waals surface area (Å²) in [5.41, 5.74) is 3.69. The highest BCUT2D eigenvalue weighted by Crippen LogP contribution is 2.45. The number of nitrogens with one attached hydrogen (secondary N) is 2. The van der Waals surface area contributed by atoms with Crippen molar-refractivity contribution in [2.24, 2.45) is 0 Å². The van der Waals surface area contributed by atoms with Gasteiger partial charge in [-0.3, -0.25) is 9.59 Å². The largest absolute Gasteiger partial charge is 0.496 e. The maximum Gasteiger partial charge on any atom is 0.254 e. The second-order valence-electron chi connectivity index (χ2n) is 7.47. The van der Waals surface area contributed by atoms with E-state index in [1.54, 1.807) is 13.2 Å². The van der Waals surface area contributed by atoms with Crippen LogP contribution in [-0.2, 0) is 9.59 Å². The molecule has 1 atom stereocenters. The summed E-state index contributed by atoms with van der Waals surface area (Å²) in [6.07, 6.45) is 1.98. The van der Waals surface area contributed by atoms with Crippen molar-refractivity contribution >= 4 is 17.4 Å².